The zero-order chi connectivity index (χ0) is 9.35. The van der Waals surface area contributed by atoms with E-state index in [0.717, 1.165) is 10.0 Å². The Bertz CT molecular complexity index is 396. The topological polar surface area (TPSA) is 34.1 Å². The third-order valence-electron chi connectivity index (χ3n) is 1.62. The minimum Gasteiger partial charge on any atom is -0.224 e. The molecule has 0 fully saturated rings. The molecule has 1 rings (SSSR count). The van der Waals surface area contributed by atoms with Crippen molar-refractivity contribution in [2.75, 3.05) is 6.26 Å². The second kappa shape index (κ2) is 3.18. The molecule has 0 saturated carbocycles. The molecule has 2 nitrogen and oxygen atoms in total. The predicted molar refractivity (Wildman–Crippen MR) is 52.0 cm³/mol. The first-order chi connectivity index (χ1) is 5.43. The fourth-order valence-corrected chi connectivity index (χ4v) is 2.48. The van der Waals surface area contributed by atoms with Gasteiger partial charge in [0.1, 0.15) is 0 Å². The number of sulfone groups is 1. The summed E-state index contributed by atoms with van der Waals surface area (Å²) < 4.78 is 23.2. The first-order valence-electron chi connectivity index (χ1n) is 3.38. The average molecular weight is 249 g/mol. The van der Waals surface area contributed by atoms with Crippen LogP contribution in [0.3, 0.4) is 0 Å². The first-order valence-corrected chi connectivity index (χ1v) is 6.06. The Balaban J connectivity index is 3.47. The first kappa shape index (κ1) is 9.74. The van der Waals surface area contributed by atoms with Gasteiger partial charge in [0, 0.05) is 10.7 Å². The van der Waals surface area contributed by atoms with E-state index in [9.17, 15) is 8.42 Å². The van der Waals surface area contributed by atoms with Crippen molar-refractivity contribution in [3.05, 3.63) is 28.2 Å². The van der Waals surface area contributed by atoms with Gasteiger partial charge in [-0.15, -0.1) is 0 Å². The molecule has 0 radical (unpaired) electrons. The van der Waals surface area contributed by atoms with Gasteiger partial charge < -0.3 is 0 Å². The van der Waals surface area contributed by atoms with E-state index in [-0.39, 0.29) is 0 Å². The van der Waals surface area contributed by atoms with E-state index in [1.54, 1.807) is 19.1 Å². The molecule has 0 heterocycles. The van der Waals surface area contributed by atoms with Crippen LogP contribution in [-0.4, -0.2) is 14.7 Å². The lowest BCUT2D eigenvalue weighted by molar-refractivity contribution is 0.601. The Morgan fingerprint density at radius 2 is 1.92 bits per heavy atom. The molecule has 4 heteroatoms. The molecule has 66 valence electrons. The van der Waals surface area contributed by atoms with Gasteiger partial charge in [0.05, 0.1) is 4.90 Å². The summed E-state index contributed by atoms with van der Waals surface area (Å²) >= 11 is 3.27. The quantitative estimate of drug-likeness (QED) is 0.764. The van der Waals surface area contributed by atoms with Crippen molar-refractivity contribution in [2.24, 2.45) is 0 Å². The molecule has 0 aliphatic rings. The minimum absolute atomic E-state index is 0.386. The van der Waals surface area contributed by atoms with Crippen LogP contribution in [0.4, 0.5) is 0 Å². The van der Waals surface area contributed by atoms with Gasteiger partial charge in [-0.25, -0.2) is 8.42 Å². The van der Waals surface area contributed by atoms with Crippen molar-refractivity contribution in [3.63, 3.8) is 0 Å². The van der Waals surface area contributed by atoms with Crippen LogP contribution in [0.2, 0.25) is 0 Å². The molecule has 0 N–H and O–H groups in total. The van der Waals surface area contributed by atoms with Crippen LogP contribution in [0.5, 0.6) is 0 Å². The summed E-state index contributed by atoms with van der Waals surface area (Å²) in [4.78, 5) is 0.386. The van der Waals surface area contributed by atoms with Crippen LogP contribution in [-0.2, 0) is 9.84 Å². The van der Waals surface area contributed by atoms with Crippen LogP contribution in [0.25, 0.3) is 0 Å². The van der Waals surface area contributed by atoms with E-state index in [1.165, 1.54) is 6.26 Å². The highest BCUT2D eigenvalue weighted by Crippen LogP contribution is 2.22. The summed E-state index contributed by atoms with van der Waals surface area (Å²) in [6.07, 6.45) is 1.21. The molecule has 0 amide bonds. The second-order valence-corrected chi connectivity index (χ2v) is 5.47. The van der Waals surface area contributed by atoms with Crippen molar-refractivity contribution < 1.29 is 8.42 Å². The lowest BCUT2D eigenvalue weighted by Crippen LogP contribution is -1.99. The molecular formula is C8H9BrO2S. The summed E-state index contributed by atoms with van der Waals surface area (Å²) in [5.74, 6) is 0. The maximum absolute atomic E-state index is 11.2. The zero-order valence-electron chi connectivity index (χ0n) is 6.83. The fraction of sp³-hybridized carbons (Fsp3) is 0.250. The largest absolute Gasteiger partial charge is 0.224 e. The van der Waals surface area contributed by atoms with E-state index in [2.05, 4.69) is 15.9 Å². The molecule has 12 heavy (non-hydrogen) atoms. The molecule has 0 aliphatic carbocycles. The van der Waals surface area contributed by atoms with E-state index in [1.807, 2.05) is 6.07 Å². The highest BCUT2D eigenvalue weighted by Gasteiger charge is 2.11. The normalized spacial score (nSPS) is 11.6. The highest BCUT2D eigenvalue weighted by atomic mass is 79.9. The van der Waals surface area contributed by atoms with Gasteiger partial charge in [-0.2, -0.15) is 0 Å². The number of benzene rings is 1. The van der Waals surface area contributed by atoms with Gasteiger partial charge in [-0.1, -0.05) is 22.0 Å². The van der Waals surface area contributed by atoms with Gasteiger partial charge in [0.25, 0.3) is 0 Å². The van der Waals surface area contributed by atoms with Gasteiger partial charge >= 0.3 is 0 Å². The fourth-order valence-electron chi connectivity index (χ4n) is 0.989. The summed E-state index contributed by atoms with van der Waals surface area (Å²) in [6, 6.07) is 5.15. The van der Waals surface area contributed by atoms with Gasteiger partial charge in [-0.3, -0.25) is 0 Å². The summed E-state index contributed by atoms with van der Waals surface area (Å²) in [5, 5.41) is 0. The van der Waals surface area contributed by atoms with Crippen molar-refractivity contribution in [3.8, 4) is 0 Å². The Morgan fingerprint density at radius 3 is 2.33 bits per heavy atom. The van der Waals surface area contributed by atoms with Crippen LogP contribution >= 0.6 is 15.9 Å². The van der Waals surface area contributed by atoms with E-state index in [4.69, 9.17) is 0 Å². The highest BCUT2D eigenvalue weighted by molar-refractivity contribution is 9.10. The van der Waals surface area contributed by atoms with Crippen molar-refractivity contribution in [1.82, 2.24) is 0 Å². The zero-order valence-corrected chi connectivity index (χ0v) is 9.24. The molecule has 0 atom stereocenters. The van der Waals surface area contributed by atoms with Crippen LogP contribution in [0.15, 0.2) is 27.6 Å². The molecule has 0 aliphatic heterocycles. The Labute approximate surface area is 80.7 Å². The maximum atomic E-state index is 11.2. The molecular weight excluding hydrogens is 240 g/mol. The van der Waals surface area contributed by atoms with Gasteiger partial charge in [0.15, 0.2) is 9.84 Å². The second-order valence-electron chi connectivity index (χ2n) is 2.64. The lowest BCUT2D eigenvalue weighted by atomic mass is 10.2. The predicted octanol–water partition coefficient (Wildman–Crippen LogP) is 2.16. The van der Waals surface area contributed by atoms with E-state index < -0.39 is 9.84 Å². The summed E-state index contributed by atoms with van der Waals surface area (Å²) in [5.41, 5.74) is 0.764. The third kappa shape index (κ3) is 1.87. The Hall–Kier alpha value is -0.350. The Kier molecular flexibility index (Phi) is 2.58. The van der Waals surface area contributed by atoms with Gasteiger partial charge in [0.2, 0.25) is 0 Å². The summed E-state index contributed by atoms with van der Waals surface area (Å²) in [7, 11) is -3.09. The number of hydrogen-bond donors (Lipinski definition) is 0. The van der Waals surface area contributed by atoms with Crippen molar-refractivity contribution >= 4 is 25.8 Å². The van der Waals surface area contributed by atoms with Crippen LogP contribution in [0, 0.1) is 6.92 Å². The Morgan fingerprint density at radius 1 is 1.33 bits per heavy atom. The number of hydrogen-bond acceptors (Lipinski definition) is 2. The van der Waals surface area contributed by atoms with Crippen LogP contribution < -0.4 is 0 Å². The summed E-state index contributed by atoms with van der Waals surface area (Å²) in [6.45, 7) is 1.78. The SMILES string of the molecule is Cc1c(Br)cccc1S(C)(=O)=O. The monoisotopic (exact) mass is 248 g/mol. The number of halogens is 1. The average Bonchev–Trinajstić information content (AvgIpc) is 1.92. The molecule has 1 aromatic rings. The minimum atomic E-state index is -3.09. The third-order valence-corrected chi connectivity index (χ3v) is 3.72. The van der Waals surface area contributed by atoms with Crippen molar-refractivity contribution in [1.29, 1.82) is 0 Å². The molecule has 0 spiro atoms. The molecule has 0 saturated heterocycles. The number of rotatable bonds is 1. The molecule has 0 aromatic heterocycles. The molecule has 0 bridgehead atoms. The molecule has 1 aromatic carbocycles. The van der Waals surface area contributed by atoms with Gasteiger partial charge in [-0.05, 0) is 24.6 Å². The van der Waals surface area contributed by atoms with Crippen molar-refractivity contribution in [2.45, 2.75) is 11.8 Å². The molecule has 0 unspecified atom stereocenters. The van der Waals surface area contributed by atoms with Crippen LogP contribution in [0.1, 0.15) is 5.56 Å². The maximum Gasteiger partial charge on any atom is 0.175 e. The standard InChI is InChI=1S/C8H9BrO2S/c1-6-7(9)4-3-5-8(6)12(2,10)11/h3-5H,1-2H3. The van der Waals surface area contributed by atoms with E-state index >= 15 is 0 Å². The lowest BCUT2D eigenvalue weighted by Gasteiger charge is -2.03. The smallest absolute Gasteiger partial charge is 0.175 e. The van der Waals surface area contributed by atoms with E-state index in [0.29, 0.717) is 4.90 Å².